The van der Waals surface area contributed by atoms with E-state index in [4.69, 9.17) is 4.74 Å². The van der Waals surface area contributed by atoms with Gasteiger partial charge in [0.25, 0.3) is 0 Å². The minimum absolute atomic E-state index is 0.150. The molecule has 0 unspecified atom stereocenters. The number of nitrogens with one attached hydrogen (secondary N) is 1. The Labute approximate surface area is 151 Å². The Kier molecular flexibility index (Phi) is 8.64. The summed E-state index contributed by atoms with van der Waals surface area (Å²) in [5.41, 5.74) is 0. The Morgan fingerprint density at radius 3 is 2.24 bits per heavy atom. The van der Waals surface area contributed by atoms with Gasteiger partial charge in [-0.1, -0.05) is 6.92 Å². The summed E-state index contributed by atoms with van der Waals surface area (Å²) >= 11 is 0. The van der Waals surface area contributed by atoms with Crippen molar-refractivity contribution in [3.63, 3.8) is 0 Å². The molecule has 2 fully saturated rings. The predicted molar refractivity (Wildman–Crippen MR) is 97.4 cm³/mol. The summed E-state index contributed by atoms with van der Waals surface area (Å²) in [6, 6.07) is 0. The Morgan fingerprint density at radius 1 is 1.00 bits per heavy atom. The van der Waals surface area contributed by atoms with Gasteiger partial charge in [0.2, 0.25) is 11.8 Å². The van der Waals surface area contributed by atoms with Crippen LogP contribution in [-0.2, 0) is 14.3 Å². The van der Waals surface area contributed by atoms with Crippen LogP contribution in [0.15, 0.2) is 0 Å². The van der Waals surface area contributed by atoms with E-state index < -0.39 is 0 Å². The Hall–Kier alpha value is -1.18. The molecular formula is C18H34N4O3. The number of amides is 2. The molecule has 0 bridgehead atoms. The minimum atomic E-state index is 0.150. The first kappa shape index (κ1) is 20.1. The number of carbonyl (C=O) groups excluding carboxylic acids is 2. The highest BCUT2D eigenvalue weighted by molar-refractivity contribution is 5.78. The Bertz CT molecular complexity index is 417. The van der Waals surface area contributed by atoms with Gasteiger partial charge < -0.3 is 24.8 Å². The average molecular weight is 354 g/mol. The fourth-order valence-corrected chi connectivity index (χ4v) is 3.56. The van der Waals surface area contributed by atoms with Gasteiger partial charge in [-0.25, -0.2) is 0 Å². The van der Waals surface area contributed by atoms with Crippen LogP contribution in [0, 0.1) is 5.92 Å². The number of nitrogens with zero attached hydrogens (tertiary/aromatic N) is 3. The lowest BCUT2D eigenvalue weighted by Crippen LogP contribution is -2.49. The molecule has 0 saturated carbocycles. The van der Waals surface area contributed by atoms with Crippen molar-refractivity contribution >= 4 is 11.8 Å². The molecule has 2 rings (SSSR count). The van der Waals surface area contributed by atoms with Crippen LogP contribution in [0.5, 0.6) is 0 Å². The topological polar surface area (TPSA) is 65.1 Å². The molecule has 2 saturated heterocycles. The number of likely N-dealkylation sites (tertiary alicyclic amines) is 1. The third-order valence-corrected chi connectivity index (χ3v) is 5.36. The smallest absolute Gasteiger partial charge is 0.236 e. The molecule has 7 nitrogen and oxygen atoms in total. The van der Waals surface area contributed by atoms with Crippen LogP contribution in [0.3, 0.4) is 0 Å². The molecule has 0 aromatic heterocycles. The monoisotopic (exact) mass is 354 g/mol. The van der Waals surface area contributed by atoms with E-state index in [-0.39, 0.29) is 5.91 Å². The third-order valence-electron chi connectivity index (χ3n) is 5.36. The molecule has 2 amide bonds. The lowest BCUT2D eigenvalue weighted by Gasteiger charge is -2.36. The summed E-state index contributed by atoms with van der Waals surface area (Å²) in [7, 11) is 1.65. The molecule has 25 heavy (non-hydrogen) atoms. The second-order valence-corrected chi connectivity index (χ2v) is 7.01. The van der Waals surface area contributed by atoms with Crippen molar-refractivity contribution < 1.29 is 14.3 Å². The predicted octanol–water partition coefficient (Wildman–Crippen LogP) is 0.0152. The maximum atomic E-state index is 12.5. The van der Waals surface area contributed by atoms with Crippen LogP contribution < -0.4 is 5.32 Å². The lowest BCUT2D eigenvalue weighted by atomic mass is 9.92. The minimum Gasteiger partial charge on any atom is -0.383 e. The maximum absolute atomic E-state index is 12.5. The first-order valence-electron chi connectivity index (χ1n) is 9.61. The molecule has 144 valence electrons. The second kappa shape index (κ2) is 10.7. The Morgan fingerprint density at radius 2 is 1.64 bits per heavy atom. The highest BCUT2D eigenvalue weighted by atomic mass is 16.5. The average Bonchev–Trinajstić information content (AvgIpc) is 2.65. The number of carbonyl (C=O) groups is 2. The number of piperazine rings is 1. The van der Waals surface area contributed by atoms with E-state index >= 15 is 0 Å². The van der Waals surface area contributed by atoms with Crippen molar-refractivity contribution in [2.45, 2.75) is 26.2 Å². The quantitative estimate of drug-likeness (QED) is 0.623. The second-order valence-electron chi connectivity index (χ2n) is 7.01. The maximum Gasteiger partial charge on any atom is 0.236 e. The molecule has 0 spiro atoms. The van der Waals surface area contributed by atoms with Crippen molar-refractivity contribution in [2.75, 3.05) is 72.6 Å². The third kappa shape index (κ3) is 6.56. The zero-order chi connectivity index (χ0) is 18.1. The summed E-state index contributed by atoms with van der Waals surface area (Å²) < 4.78 is 4.96. The molecule has 7 heteroatoms. The van der Waals surface area contributed by atoms with Crippen molar-refractivity contribution in [1.82, 2.24) is 20.0 Å². The van der Waals surface area contributed by atoms with Gasteiger partial charge in [0, 0.05) is 59.3 Å². The summed E-state index contributed by atoms with van der Waals surface area (Å²) in [6.45, 7) is 10.1. The van der Waals surface area contributed by atoms with Gasteiger partial charge in [-0.3, -0.25) is 9.59 Å². The number of rotatable bonds is 8. The van der Waals surface area contributed by atoms with Crippen molar-refractivity contribution in [3.05, 3.63) is 0 Å². The van der Waals surface area contributed by atoms with E-state index in [2.05, 4.69) is 17.1 Å². The number of hydrogen-bond acceptors (Lipinski definition) is 5. The van der Waals surface area contributed by atoms with E-state index in [0.717, 1.165) is 58.7 Å². The summed E-state index contributed by atoms with van der Waals surface area (Å²) in [6.07, 6.45) is 2.51. The van der Waals surface area contributed by atoms with Crippen LogP contribution in [0.25, 0.3) is 0 Å². The van der Waals surface area contributed by atoms with Gasteiger partial charge in [-0.05, 0) is 25.3 Å². The summed E-state index contributed by atoms with van der Waals surface area (Å²) in [5, 5.41) is 3.10. The van der Waals surface area contributed by atoms with E-state index in [1.165, 1.54) is 0 Å². The largest absolute Gasteiger partial charge is 0.383 e. The first-order valence-corrected chi connectivity index (χ1v) is 9.61. The molecule has 0 aromatic rings. The van der Waals surface area contributed by atoms with Crippen LogP contribution in [0.2, 0.25) is 0 Å². The normalized spacial score (nSPS) is 20.1. The van der Waals surface area contributed by atoms with Crippen LogP contribution >= 0.6 is 0 Å². The molecule has 1 N–H and O–H groups in total. The number of ether oxygens (including phenoxy) is 1. The first-order chi connectivity index (χ1) is 12.1. The van der Waals surface area contributed by atoms with Gasteiger partial charge in [0.15, 0.2) is 0 Å². The van der Waals surface area contributed by atoms with Gasteiger partial charge in [-0.15, -0.1) is 0 Å². The standard InChI is InChI=1S/C18H34N4O3/c1-3-20-9-11-22(12-10-20)17(23)14-16-4-7-21(8-5-16)18(24)15-19-6-13-25-2/h16,19H,3-15H2,1-2H3. The van der Waals surface area contributed by atoms with Gasteiger partial charge in [-0.2, -0.15) is 0 Å². The number of hydrogen-bond donors (Lipinski definition) is 1. The van der Waals surface area contributed by atoms with Crippen molar-refractivity contribution in [1.29, 1.82) is 0 Å². The van der Waals surface area contributed by atoms with Gasteiger partial charge >= 0.3 is 0 Å². The Balaban J connectivity index is 1.63. The molecule has 0 atom stereocenters. The van der Waals surface area contributed by atoms with Gasteiger partial charge in [0.05, 0.1) is 13.2 Å². The van der Waals surface area contributed by atoms with Crippen molar-refractivity contribution in [3.8, 4) is 0 Å². The fraction of sp³-hybridized carbons (Fsp3) is 0.889. The van der Waals surface area contributed by atoms with E-state index in [1.54, 1.807) is 7.11 Å². The molecule has 2 aliphatic rings. The molecule has 0 aromatic carbocycles. The summed E-state index contributed by atoms with van der Waals surface area (Å²) in [5.74, 6) is 0.862. The molecule has 2 heterocycles. The summed E-state index contributed by atoms with van der Waals surface area (Å²) in [4.78, 5) is 30.9. The molecular weight excluding hydrogens is 320 g/mol. The van der Waals surface area contributed by atoms with Crippen LogP contribution in [0.4, 0.5) is 0 Å². The number of piperidine rings is 1. The highest BCUT2D eigenvalue weighted by Crippen LogP contribution is 2.22. The number of methoxy groups -OCH3 is 1. The van der Waals surface area contributed by atoms with Crippen molar-refractivity contribution in [2.24, 2.45) is 5.92 Å². The zero-order valence-corrected chi connectivity index (χ0v) is 15.8. The fourth-order valence-electron chi connectivity index (χ4n) is 3.56. The molecule has 0 radical (unpaired) electrons. The van der Waals surface area contributed by atoms with E-state index in [1.807, 2.05) is 9.80 Å². The SMILES string of the molecule is CCN1CCN(C(=O)CC2CCN(C(=O)CNCCOC)CC2)CC1. The zero-order valence-electron chi connectivity index (χ0n) is 15.8. The lowest BCUT2D eigenvalue weighted by molar-refractivity contribution is -0.135. The van der Waals surface area contributed by atoms with E-state index in [9.17, 15) is 9.59 Å². The van der Waals surface area contributed by atoms with Crippen LogP contribution in [-0.4, -0.2) is 99.1 Å². The highest BCUT2D eigenvalue weighted by Gasteiger charge is 2.27. The molecule has 0 aliphatic carbocycles. The molecule has 2 aliphatic heterocycles. The van der Waals surface area contributed by atoms with Gasteiger partial charge in [0.1, 0.15) is 0 Å². The van der Waals surface area contributed by atoms with E-state index in [0.29, 0.717) is 37.9 Å². The van der Waals surface area contributed by atoms with Crippen LogP contribution in [0.1, 0.15) is 26.2 Å². The number of likely N-dealkylation sites (N-methyl/N-ethyl adjacent to an activating group) is 1.